The summed E-state index contributed by atoms with van der Waals surface area (Å²) in [5.74, 6) is 0. The van der Waals surface area contributed by atoms with Crippen molar-refractivity contribution < 1.29 is 76.9 Å². The monoisotopic (exact) mass is 1800 g/mol. The molecule has 3 heterocycles. The molecule has 0 saturated heterocycles. The normalized spacial score (nSPS) is 17.5. The van der Waals surface area contributed by atoms with E-state index in [-0.39, 0.29) is 63.2 Å². The minimum atomic E-state index is -3.13. The Kier molecular flexibility index (Phi) is 22.6. The van der Waals surface area contributed by atoms with E-state index < -0.39 is 21.6 Å². The van der Waals surface area contributed by atoms with Gasteiger partial charge in [-0.15, -0.1) is 77.5 Å². The van der Waals surface area contributed by atoms with Gasteiger partial charge in [0, 0.05) is 66.4 Å². The summed E-state index contributed by atoms with van der Waals surface area (Å²) in [6.45, 7) is 0. The van der Waals surface area contributed by atoms with Crippen LogP contribution in [0, 0.1) is 24.5 Å². The van der Waals surface area contributed by atoms with Gasteiger partial charge in [0.1, 0.15) is 0 Å². The third kappa shape index (κ3) is 14.8. The molecule has 12 aromatic carbocycles. The Balaban J connectivity index is 0.000000150. The SMILES string of the molecule is O=P1(c2ccccc2)C(c2ccc(-c3ccccc3)cc2)=CN=C1c1[c-]cccc1.O=P1(c2ccccc2)N=C(c2[c-]cccc2)C=C1c1ccc(-c2ccccc2)cc1.O=P1(c2ccccc2)[CH-]N(c2[c-]cccc2)C=C1c1ccc(-c2ccccc2)cc1.[Pt+2].[Pt+2].[Pt]. The van der Waals surface area contributed by atoms with Crippen molar-refractivity contribution in [1.29, 1.82) is 0 Å². The number of allylic oxidation sites excluding steroid dienone is 1. The molecule has 0 spiro atoms. The molecule has 460 valence electrons. The van der Waals surface area contributed by atoms with Gasteiger partial charge in [0.2, 0.25) is 7.29 Å². The fourth-order valence-corrected chi connectivity index (χ4v) is 18.9. The Hall–Kier alpha value is -8.25. The standard InChI is InChI=1S/C27H20NOP.2C27H19NOP.3Pt/c29-30(26-14-8-3-9-15-26)21-28(25-12-6-2-7-13-25)20-27(30)24-18-16-23(17-19-24)22-10-4-1-5-11-22;29-30(25-14-8-3-9-15-25)26(20-28-27(30)24-12-6-2-7-13-24)23-18-16-22(17-19-23)21-10-4-1-5-11-21;29-30(25-14-8-3-9-15-25)27(20-26(28-30)23-12-6-2-7-13-23)24-18-16-22(17-19-24)21-10-4-1-5-11-21;;;/h1-12,14-21H;2*1-12,14-20H;;;/q-2;2*-1;;2*+2. The topological polar surface area (TPSA) is 79.2 Å². The Labute approximate surface area is 588 Å². The van der Waals surface area contributed by atoms with E-state index in [1.54, 1.807) is 6.20 Å². The summed E-state index contributed by atoms with van der Waals surface area (Å²) >= 11 is 0. The quantitative estimate of drug-likeness (QED) is 0.0902. The van der Waals surface area contributed by atoms with Gasteiger partial charge in [-0.05, 0) is 79.4 Å². The predicted octanol–water partition coefficient (Wildman–Crippen LogP) is 20.0. The molecule has 0 bridgehead atoms. The molecule has 12 heteroatoms. The minimum absolute atomic E-state index is 0. The molecule has 0 aliphatic carbocycles. The second-order valence-corrected chi connectivity index (χ2v) is 29.0. The van der Waals surface area contributed by atoms with Crippen LogP contribution in [-0.2, 0) is 76.9 Å². The van der Waals surface area contributed by atoms with Crippen molar-refractivity contribution in [2.75, 3.05) is 4.90 Å². The Bertz CT molecular complexity index is 4680. The van der Waals surface area contributed by atoms with Crippen LogP contribution in [0.2, 0.25) is 0 Å². The summed E-state index contributed by atoms with van der Waals surface area (Å²) in [6.07, 6.45) is 7.56. The Morgan fingerprint density at radius 2 is 0.710 bits per heavy atom. The number of anilines is 1. The van der Waals surface area contributed by atoms with E-state index in [0.717, 1.165) is 93.2 Å². The fourth-order valence-electron chi connectivity index (χ4n) is 11.2. The number of nitrogens with zero attached hydrogens (tertiary/aromatic N) is 3. The third-order valence-corrected chi connectivity index (χ3v) is 24.1. The van der Waals surface area contributed by atoms with E-state index in [1.807, 2.05) is 266 Å². The average molecular weight is 1800 g/mol. The van der Waals surface area contributed by atoms with Crippen LogP contribution in [0.3, 0.4) is 0 Å². The summed E-state index contributed by atoms with van der Waals surface area (Å²) in [4.78, 5) is 6.57. The van der Waals surface area contributed by atoms with E-state index in [9.17, 15) is 13.7 Å². The largest absolute Gasteiger partial charge is 2.00 e. The number of hydrogen-bond donors (Lipinski definition) is 0. The molecule has 12 aromatic rings. The van der Waals surface area contributed by atoms with E-state index in [2.05, 4.69) is 108 Å². The molecule has 0 amide bonds. The maximum Gasteiger partial charge on any atom is 2.00 e. The van der Waals surface area contributed by atoms with Gasteiger partial charge in [0.25, 0.3) is 0 Å². The molecule has 0 radical (unpaired) electrons. The zero-order valence-corrected chi connectivity index (χ0v) is 59.3. The maximum absolute atomic E-state index is 14.6. The molecule has 0 aromatic heterocycles. The molecule has 3 unspecified atom stereocenters. The van der Waals surface area contributed by atoms with Gasteiger partial charge < -0.3 is 14.0 Å². The minimum Gasteiger partial charge on any atom is -0.512 e. The third-order valence-electron chi connectivity index (χ3n) is 15.8. The molecule has 3 aliphatic heterocycles. The molecule has 0 fully saturated rings. The number of benzene rings is 12. The van der Waals surface area contributed by atoms with E-state index in [4.69, 9.17) is 4.76 Å². The first-order chi connectivity index (χ1) is 44.2. The number of aliphatic imine (C=N–C) groups is 1. The molecule has 15 rings (SSSR count). The van der Waals surface area contributed by atoms with Crippen molar-refractivity contribution in [2.45, 2.75) is 0 Å². The van der Waals surface area contributed by atoms with Crippen molar-refractivity contribution in [1.82, 2.24) is 0 Å². The summed E-state index contributed by atoms with van der Waals surface area (Å²) in [5, 5.41) is 4.74. The van der Waals surface area contributed by atoms with E-state index in [1.165, 1.54) is 5.56 Å². The first-order valence-electron chi connectivity index (χ1n) is 29.6. The van der Waals surface area contributed by atoms with Crippen molar-refractivity contribution in [3.8, 4) is 33.4 Å². The van der Waals surface area contributed by atoms with Crippen molar-refractivity contribution in [3.05, 3.63) is 398 Å². The predicted molar refractivity (Wildman–Crippen MR) is 376 cm³/mol. The van der Waals surface area contributed by atoms with E-state index in [0.29, 0.717) is 11.2 Å². The molecule has 0 N–H and O–H groups in total. The average Bonchev–Trinajstić information content (AvgIpc) is 1.74. The van der Waals surface area contributed by atoms with Gasteiger partial charge in [0.15, 0.2) is 7.14 Å². The van der Waals surface area contributed by atoms with Crippen LogP contribution in [0.25, 0.3) is 49.3 Å². The van der Waals surface area contributed by atoms with E-state index >= 15 is 0 Å². The smallest absolute Gasteiger partial charge is 0.512 e. The summed E-state index contributed by atoms with van der Waals surface area (Å²) in [5.41, 5.74) is 13.5. The van der Waals surface area contributed by atoms with Crippen LogP contribution in [0.5, 0.6) is 0 Å². The summed E-state index contributed by atoms with van der Waals surface area (Å²) in [7, 11) is -9.15. The second kappa shape index (κ2) is 31.1. The van der Waals surface area contributed by atoms with Crippen LogP contribution in [0.1, 0.15) is 27.8 Å². The maximum atomic E-state index is 14.6. The molecule has 93 heavy (non-hydrogen) atoms. The van der Waals surface area contributed by atoms with Gasteiger partial charge in [-0.1, -0.05) is 249 Å². The summed E-state index contributed by atoms with van der Waals surface area (Å²) in [6, 6.07) is 117. The van der Waals surface area contributed by atoms with Gasteiger partial charge in [-0.3, -0.25) is 14.3 Å². The Morgan fingerprint density at radius 1 is 0.344 bits per heavy atom. The van der Waals surface area contributed by atoms with Gasteiger partial charge in [-0.25, -0.2) is 0 Å². The van der Waals surface area contributed by atoms with Crippen molar-refractivity contribution >= 4 is 70.3 Å². The first kappa shape index (κ1) is 67.6. The van der Waals surface area contributed by atoms with Crippen molar-refractivity contribution in [2.24, 2.45) is 9.76 Å². The molecule has 3 atom stereocenters. The van der Waals surface area contributed by atoms with Crippen LogP contribution >= 0.6 is 21.6 Å². The van der Waals surface area contributed by atoms with Gasteiger partial charge in [-0.2, -0.15) is 36.6 Å². The zero-order chi connectivity index (χ0) is 61.2. The second-order valence-electron chi connectivity index (χ2n) is 21.5. The van der Waals surface area contributed by atoms with Gasteiger partial charge >= 0.3 is 42.1 Å². The van der Waals surface area contributed by atoms with Crippen LogP contribution < -0.4 is 20.8 Å². The molecule has 3 aliphatic rings. The van der Waals surface area contributed by atoms with Crippen molar-refractivity contribution in [3.63, 3.8) is 0 Å². The first-order valence-corrected chi connectivity index (χ1v) is 34.7. The van der Waals surface area contributed by atoms with Crippen LogP contribution in [0.15, 0.2) is 356 Å². The zero-order valence-electron chi connectivity index (χ0n) is 49.8. The fraction of sp³-hybridized carbons (Fsp3) is 0. The summed E-state index contributed by atoms with van der Waals surface area (Å²) < 4.78 is 47.9. The number of para-hydroxylation sites is 1. The molecule has 0 saturated carbocycles. The van der Waals surface area contributed by atoms with Gasteiger partial charge in [0.05, 0.1) is 0 Å². The number of hydrogen-bond acceptors (Lipinski definition) is 5. The molecular weight excluding hydrogens is 1740 g/mol. The Morgan fingerprint density at radius 3 is 1.15 bits per heavy atom. The van der Waals surface area contributed by atoms with Crippen LogP contribution in [0.4, 0.5) is 5.69 Å². The molecule has 6 nitrogen and oxygen atoms in total. The number of rotatable bonds is 12. The molecular formula is C81H58N3O3P3Pt3. The van der Waals surface area contributed by atoms with Crippen LogP contribution in [-0.4, -0.2) is 11.2 Å².